The molecule has 3 rings (SSSR count). The summed E-state index contributed by atoms with van der Waals surface area (Å²) in [7, 11) is 1.61. The molecular weight excluding hydrogens is 306 g/mol. The Morgan fingerprint density at radius 3 is 2.75 bits per heavy atom. The first-order chi connectivity index (χ1) is 11.6. The molecule has 1 aliphatic heterocycles. The number of oxazole rings is 1. The Labute approximate surface area is 142 Å². The maximum Gasteiger partial charge on any atom is 0.218 e. The third-order valence-corrected chi connectivity index (χ3v) is 4.29. The second-order valence-corrected chi connectivity index (χ2v) is 6.45. The van der Waals surface area contributed by atoms with Crippen LogP contribution in [0.3, 0.4) is 0 Å². The van der Waals surface area contributed by atoms with Gasteiger partial charge in [0.25, 0.3) is 0 Å². The second kappa shape index (κ2) is 7.61. The lowest BCUT2D eigenvalue weighted by Gasteiger charge is -2.31. The number of ether oxygens (including phenoxy) is 1. The number of likely N-dealkylation sites (tertiary alicyclic amines) is 1. The molecule has 0 bridgehead atoms. The van der Waals surface area contributed by atoms with Crippen molar-refractivity contribution in [3.8, 4) is 5.88 Å². The van der Waals surface area contributed by atoms with Gasteiger partial charge >= 0.3 is 0 Å². The molecule has 0 saturated carbocycles. The quantitative estimate of drug-likeness (QED) is 0.872. The molecule has 3 heterocycles. The Morgan fingerprint density at radius 1 is 1.29 bits per heavy atom. The highest BCUT2D eigenvalue weighted by Crippen LogP contribution is 2.20. The standard InChI is InChI=1S/C17H25N5O2/c1-12(2)14-9-18-17(24-14)10-22-6-4-13(5-7-22)21-15-8-16(23-3)20-11-19-15/h8-9,11-13H,4-7,10H2,1-3H3,(H,19,20,21). The molecule has 130 valence electrons. The van der Waals surface area contributed by atoms with E-state index in [-0.39, 0.29) is 0 Å². The molecule has 0 spiro atoms. The summed E-state index contributed by atoms with van der Waals surface area (Å²) in [4.78, 5) is 15.0. The Kier molecular flexibility index (Phi) is 5.30. The van der Waals surface area contributed by atoms with Crippen molar-refractivity contribution in [2.45, 2.75) is 45.2 Å². The minimum atomic E-state index is 0.381. The lowest BCUT2D eigenvalue weighted by atomic mass is 10.1. The first-order valence-electron chi connectivity index (χ1n) is 8.43. The molecule has 0 aliphatic carbocycles. The van der Waals surface area contributed by atoms with Crippen LogP contribution in [0.25, 0.3) is 0 Å². The highest BCUT2D eigenvalue weighted by molar-refractivity contribution is 5.38. The molecule has 1 fully saturated rings. The van der Waals surface area contributed by atoms with E-state index in [0.29, 0.717) is 17.8 Å². The minimum Gasteiger partial charge on any atom is -0.481 e. The van der Waals surface area contributed by atoms with Crippen LogP contribution in [0.1, 0.15) is 44.3 Å². The minimum absolute atomic E-state index is 0.381. The molecule has 1 saturated heterocycles. The third-order valence-electron chi connectivity index (χ3n) is 4.29. The Morgan fingerprint density at radius 2 is 2.08 bits per heavy atom. The average molecular weight is 331 g/mol. The van der Waals surface area contributed by atoms with Gasteiger partial charge in [-0.05, 0) is 12.8 Å². The summed E-state index contributed by atoms with van der Waals surface area (Å²) in [6.45, 7) is 7.03. The molecule has 0 amide bonds. The Hall–Kier alpha value is -2.15. The van der Waals surface area contributed by atoms with E-state index in [2.05, 4.69) is 39.0 Å². The largest absolute Gasteiger partial charge is 0.481 e. The number of nitrogens with one attached hydrogen (secondary N) is 1. The van der Waals surface area contributed by atoms with E-state index in [1.165, 1.54) is 6.33 Å². The molecular formula is C17H25N5O2. The monoisotopic (exact) mass is 331 g/mol. The summed E-state index contributed by atoms with van der Waals surface area (Å²) in [6, 6.07) is 2.24. The topological polar surface area (TPSA) is 76.3 Å². The van der Waals surface area contributed by atoms with Crippen LogP contribution >= 0.6 is 0 Å². The van der Waals surface area contributed by atoms with Crippen molar-refractivity contribution in [3.63, 3.8) is 0 Å². The van der Waals surface area contributed by atoms with Gasteiger partial charge in [-0.25, -0.2) is 15.0 Å². The van der Waals surface area contributed by atoms with Crippen molar-refractivity contribution in [1.29, 1.82) is 0 Å². The zero-order valence-corrected chi connectivity index (χ0v) is 14.5. The van der Waals surface area contributed by atoms with Gasteiger partial charge in [-0.1, -0.05) is 13.8 Å². The number of piperidine rings is 1. The number of nitrogens with zero attached hydrogens (tertiary/aromatic N) is 4. The summed E-state index contributed by atoms with van der Waals surface area (Å²) in [6.07, 6.45) is 5.48. The molecule has 0 aromatic carbocycles. The zero-order chi connectivity index (χ0) is 16.9. The fourth-order valence-electron chi connectivity index (χ4n) is 2.83. The van der Waals surface area contributed by atoms with Crippen LogP contribution in [0.4, 0.5) is 5.82 Å². The van der Waals surface area contributed by atoms with Gasteiger partial charge in [-0.3, -0.25) is 4.90 Å². The van der Waals surface area contributed by atoms with Gasteiger partial charge in [0, 0.05) is 31.1 Å². The van der Waals surface area contributed by atoms with E-state index in [4.69, 9.17) is 9.15 Å². The van der Waals surface area contributed by atoms with Gasteiger partial charge < -0.3 is 14.5 Å². The number of rotatable bonds is 6. The number of hydrogen-bond donors (Lipinski definition) is 1. The molecule has 7 nitrogen and oxygen atoms in total. The van der Waals surface area contributed by atoms with Gasteiger partial charge in [0.1, 0.15) is 17.9 Å². The molecule has 24 heavy (non-hydrogen) atoms. The van der Waals surface area contributed by atoms with E-state index >= 15 is 0 Å². The van der Waals surface area contributed by atoms with E-state index in [1.807, 2.05) is 12.3 Å². The predicted molar refractivity (Wildman–Crippen MR) is 91.1 cm³/mol. The normalized spacial score (nSPS) is 16.5. The van der Waals surface area contributed by atoms with Crippen LogP contribution in [0.5, 0.6) is 5.88 Å². The SMILES string of the molecule is COc1cc(NC2CCN(Cc3ncc(C(C)C)o3)CC2)ncn1. The van der Waals surface area contributed by atoms with E-state index < -0.39 is 0 Å². The summed E-state index contributed by atoms with van der Waals surface area (Å²) < 4.78 is 10.9. The lowest BCUT2D eigenvalue weighted by molar-refractivity contribution is 0.191. The molecule has 7 heteroatoms. The summed E-state index contributed by atoms with van der Waals surface area (Å²) in [5.74, 6) is 3.54. The van der Waals surface area contributed by atoms with Crippen LogP contribution in [0.15, 0.2) is 23.0 Å². The molecule has 1 aliphatic rings. The van der Waals surface area contributed by atoms with Crippen molar-refractivity contribution in [2.75, 3.05) is 25.5 Å². The van der Waals surface area contributed by atoms with Crippen molar-refractivity contribution >= 4 is 5.82 Å². The van der Waals surface area contributed by atoms with Crippen molar-refractivity contribution in [3.05, 3.63) is 30.2 Å². The highest BCUT2D eigenvalue weighted by Gasteiger charge is 2.21. The number of aromatic nitrogens is 3. The fraction of sp³-hybridized carbons (Fsp3) is 0.588. The van der Waals surface area contributed by atoms with Gasteiger partial charge in [0.15, 0.2) is 0 Å². The maximum atomic E-state index is 5.80. The van der Waals surface area contributed by atoms with Gasteiger partial charge in [-0.15, -0.1) is 0 Å². The first kappa shape index (κ1) is 16.7. The summed E-state index contributed by atoms with van der Waals surface area (Å²) >= 11 is 0. The maximum absolute atomic E-state index is 5.80. The van der Waals surface area contributed by atoms with E-state index in [9.17, 15) is 0 Å². The number of methoxy groups -OCH3 is 1. The van der Waals surface area contributed by atoms with Crippen molar-refractivity contribution in [2.24, 2.45) is 0 Å². The number of hydrogen-bond acceptors (Lipinski definition) is 7. The molecule has 0 radical (unpaired) electrons. The highest BCUT2D eigenvalue weighted by atomic mass is 16.5. The molecule has 1 N–H and O–H groups in total. The smallest absolute Gasteiger partial charge is 0.218 e. The molecule has 2 aromatic rings. The van der Waals surface area contributed by atoms with Gasteiger partial charge in [0.05, 0.1) is 19.9 Å². The van der Waals surface area contributed by atoms with Crippen molar-refractivity contribution < 1.29 is 9.15 Å². The average Bonchev–Trinajstić information content (AvgIpc) is 3.06. The van der Waals surface area contributed by atoms with Crippen LogP contribution in [-0.2, 0) is 6.54 Å². The van der Waals surface area contributed by atoms with Crippen LogP contribution in [-0.4, -0.2) is 46.1 Å². The van der Waals surface area contributed by atoms with Crippen LogP contribution < -0.4 is 10.1 Å². The lowest BCUT2D eigenvalue weighted by Crippen LogP contribution is -2.38. The molecule has 0 unspecified atom stereocenters. The third kappa shape index (κ3) is 4.23. The molecule has 0 atom stereocenters. The first-order valence-corrected chi connectivity index (χ1v) is 8.43. The predicted octanol–water partition coefficient (Wildman–Crippen LogP) is 2.67. The second-order valence-electron chi connectivity index (χ2n) is 6.45. The van der Waals surface area contributed by atoms with E-state index in [1.54, 1.807) is 7.11 Å². The van der Waals surface area contributed by atoms with E-state index in [0.717, 1.165) is 49.9 Å². The summed E-state index contributed by atoms with van der Waals surface area (Å²) in [5, 5.41) is 3.46. The van der Waals surface area contributed by atoms with Crippen LogP contribution in [0, 0.1) is 0 Å². The number of anilines is 1. The van der Waals surface area contributed by atoms with Gasteiger partial charge in [0.2, 0.25) is 11.8 Å². The van der Waals surface area contributed by atoms with Crippen molar-refractivity contribution in [1.82, 2.24) is 19.9 Å². The zero-order valence-electron chi connectivity index (χ0n) is 14.5. The Balaban J connectivity index is 1.48. The Bertz CT molecular complexity index is 650. The van der Waals surface area contributed by atoms with Crippen LogP contribution in [0.2, 0.25) is 0 Å². The van der Waals surface area contributed by atoms with Gasteiger partial charge in [-0.2, -0.15) is 0 Å². The molecule has 2 aromatic heterocycles. The fourth-order valence-corrected chi connectivity index (χ4v) is 2.83. The summed E-state index contributed by atoms with van der Waals surface area (Å²) in [5.41, 5.74) is 0.